The maximum atomic E-state index is 13.6. The monoisotopic (exact) mass is 369 g/mol. The molecule has 1 heterocycles. The van der Waals surface area contributed by atoms with E-state index in [9.17, 15) is 9.18 Å². The highest BCUT2D eigenvalue weighted by molar-refractivity contribution is 6.36. The molecule has 1 aliphatic rings. The van der Waals surface area contributed by atoms with Crippen LogP contribution in [-0.2, 0) is 6.54 Å². The van der Waals surface area contributed by atoms with Crippen molar-refractivity contribution in [1.82, 2.24) is 4.90 Å². The van der Waals surface area contributed by atoms with Gasteiger partial charge in [0.15, 0.2) is 11.5 Å². The number of carbonyl (C=O) groups excluding carboxylic acids is 1. The van der Waals surface area contributed by atoms with Crippen LogP contribution in [0.2, 0.25) is 10.0 Å². The second-order valence-corrected chi connectivity index (χ2v) is 6.20. The molecule has 24 heavy (non-hydrogen) atoms. The third-order valence-corrected chi connectivity index (χ3v) is 4.22. The van der Waals surface area contributed by atoms with Crippen molar-refractivity contribution in [2.45, 2.75) is 6.54 Å². The topological polar surface area (TPSA) is 38.8 Å². The Morgan fingerprint density at radius 3 is 2.58 bits per heavy atom. The highest BCUT2D eigenvalue weighted by Crippen LogP contribution is 2.31. The Hall–Kier alpha value is -1.98. The van der Waals surface area contributed by atoms with Crippen molar-refractivity contribution < 1.29 is 18.7 Å². The van der Waals surface area contributed by atoms with Crippen LogP contribution in [-0.4, -0.2) is 31.1 Å². The summed E-state index contributed by atoms with van der Waals surface area (Å²) in [5.41, 5.74) is 0.930. The van der Waals surface area contributed by atoms with Crippen molar-refractivity contribution in [1.29, 1.82) is 0 Å². The van der Waals surface area contributed by atoms with Gasteiger partial charge in [-0.3, -0.25) is 4.79 Å². The number of carbonyl (C=O) groups is 1. The molecule has 0 saturated heterocycles. The van der Waals surface area contributed by atoms with Gasteiger partial charge in [0.1, 0.15) is 19.0 Å². The summed E-state index contributed by atoms with van der Waals surface area (Å²) >= 11 is 11.7. The van der Waals surface area contributed by atoms with Gasteiger partial charge in [0.2, 0.25) is 0 Å². The van der Waals surface area contributed by atoms with Crippen LogP contribution in [0.15, 0.2) is 30.3 Å². The standard InChI is InChI=1S/C17H14Cl2FNO3/c1-21(17(22)11-7-14(20)13(19)8-12(11)18)9-10-2-3-15-16(6-10)24-5-4-23-15/h2-3,6-8H,4-5,9H2,1H3. The Morgan fingerprint density at radius 1 is 1.12 bits per heavy atom. The van der Waals surface area contributed by atoms with E-state index in [4.69, 9.17) is 32.7 Å². The predicted octanol–water partition coefficient (Wildman–Crippen LogP) is 4.18. The molecule has 0 N–H and O–H groups in total. The molecule has 0 radical (unpaired) electrons. The first-order chi connectivity index (χ1) is 11.5. The fourth-order valence-electron chi connectivity index (χ4n) is 2.42. The summed E-state index contributed by atoms with van der Waals surface area (Å²) in [5, 5.41) is -0.00790. The summed E-state index contributed by atoms with van der Waals surface area (Å²) in [5.74, 6) is 0.250. The number of nitrogens with zero attached hydrogens (tertiary/aromatic N) is 1. The van der Waals surface area contributed by atoms with Crippen LogP contribution in [0.25, 0.3) is 0 Å². The van der Waals surface area contributed by atoms with Gasteiger partial charge in [-0.1, -0.05) is 29.3 Å². The van der Waals surface area contributed by atoms with Crippen LogP contribution >= 0.6 is 23.2 Å². The lowest BCUT2D eigenvalue weighted by molar-refractivity contribution is 0.0784. The van der Waals surface area contributed by atoms with Crippen LogP contribution in [0.5, 0.6) is 11.5 Å². The minimum Gasteiger partial charge on any atom is -0.486 e. The summed E-state index contributed by atoms with van der Waals surface area (Å²) in [6, 6.07) is 7.75. The van der Waals surface area contributed by atoms with Crippen molar-refractivity contribution in [3.8, 4) is 11.5 Å². The molecule has 2 aromatic carbocycles. The highest BCUT2D eigenvalue weighted by Gasteiger charge is 2.19. The molecular formula is C17H14Cl2FNO3. The largest absolute Gasteiger partial charge is 0.486 e. The molecule has 0 spiro atoms. The molecular weight excluding hydrogens is 356 g/mol. The Morgan fingerprint density at radius 2 is 1.83 bits per heavy atom. The zero-order chi connectivity index (χ0) is 17.3. The normalized spacial score (nSPS) is 12.8. The van der Waals surface area contributed by atoms with Gasteiger partial charge in [-0.05, 0) is 29.8 Å². The minimum absolute atomic E-state index is 0.0682. The summed E-state index contributed by atoms with van der Waals surface area (Å²) in [6.45, 7) is 1.33. The summed E-state index contributed by atoms with van der Waals surface area (Å²) in [4.78, 5) is 13.9. The second-order valence-electron chi connectivity index (χ2n) is 5.39. The van der Waals surface area contributed by atoms with Gasteiger partial charge in [-0.15, -0.1) is 0 Å². The third-order valence-electron chi connectivity index (χ3n) is 3.61. The molecule has 1 amide bonds. The number of halogens is 3. The number of fused-ring (bicyclic) bond motifs is 1. The van der Waals surface area contributed by atoms with Gasteiger partial charge >= 0.3 is 0 Å². The first-order valence-corrected chi connectivity index (χ1v) is 8.00. The minimum atomic E-state index is -0.683. The molecule has 4 nitrogen and oxygen atoms in total. The summed E-state index contributed by atoms with van der Waals surface area (Å²) in [6.07, 6.45) is 0. The zero-order valence-corrected chi connectivity index (χ0v) is 14.3. The van der Waals surface area contributed by atoms with Crippen LogP contribution in [0, 0.1) is 5.82 Å². The van der Waals surface area contributed by atoms with E-state index in [1.807, 2.05) is 12.1 Å². The lowest BCUT2D eigenvalue weighted by Gasteiger charge is -2.21. The summed E-state index contributed by atoms with van der Waals surface area (Å²) < 4.78 is 24.6. The Kier molecular flexibility index (Phi) is 4.83. The van der Waals surface area contributed by atoms with Gasteiger partial charge in [0.05, 0.1) is 15.6 Å². The van der Waals surface area contributed by atoms with Crippen molar-refractivity contribution >= 4 is 29.1 Å². The van der Waals surface area contributed by atoms with Crippen molar-refractivity contribution in [3.63, 3.8) is 0 Å². The van der Waals surface area contributed by atoms with E-state index < -0.39 is 11.7 Å². The van der Waals surface area contributed by atoms with E-state index in [0.717, 1.165) is 11.6 Å². The zero-order valence-electron chi connectivity index (χ0n) is 12.8. The highest BCUT2D eigenvalue weighted by atomic mass is 35.5. The molecule has 0 bridgehead atoms. The van der Waals surface area contributed by atoms with E-state index >= 15 is 0 Å². The maximum Gasteiger partial charge on any atom is 0.255 e. The molecule has 0 aromatic heterocycles. The molecule has 2 aromatic rings. The van der Waals surface area contributed by atoms with Crippen molar-refractivity contribution in [3.05, 3.63) is 57.3 Å². The number of rotatable bonds is 3. The molecule has 3 rings (SSSR count). The average molecular weight is 370 g/mol. The van der Waals surface area contributed by atoms with Gasteiger partial charge in [0, 0.05) is 13.6 Å². The first-order valence-electron chi connectivity index (χ1n) is 7.24. The SMILES string of the molecule is CN(Cc1ccc2c(c1)OCCO2)C(=O)c1cc(F)c(Cl)cc1Cl. The van der Waals surface area contributed by atoms with Crippen LogP contribution in [0.3, 0.4) is 0 Å². The van der Waals surface area contributed by atoms with Crippen molar-refractivity contribution in [2.24, 2.45) is 0 Å². The predicted molar refractivity (Wildman–Crippen MR) is 89.6 cm³/mol. The molecule has 0 aliphatic carbocycles. The lowest BCUT2D eigenvalue weighted by Crippen LogP contribution is -2.26. The van der Waals surface area contributed by atoms with E-state index in [2.05, 4.69) is 0 Å². The van der Waals surface area contributed by atoms with Gasteiger partial charge in [-0.25, -0.2) is 4.39 Å². The number of ether oxygens (including phenoxy) is 2. The van der Waals surface area contributed by atoms with Crippen LogP contribution in [0.1, 0.15) is 15.9 Å². The third kappa shape index (κ3) is 3.42. The van der Waals surface area contributed by atoms with E-state index in [-0.39, 0.29) is 15.6 Å². The lowest BCUT2D eigenvalue weighted by atomic mass is 10.1. The Balaban J connectivity index is 1.78. The van der Waals surface area contributed by atoms with E-state index in [1.54, 1.807) is 13.1 Å². The summed E-state index contributed by atoms with van der Waals surface area (Å²) in [7, 11) is 1.61. The molecule has 126 valence electrons. The number of benzene rings is 2. The van der Waals surface area contributed by atoms with Gasteiger partial charge in [-0.2, -0.15) is 0 Å². The fraction of sp³-hybridized carbons (Fsp3) is 0.235. The number of hydrogen-bond donors (Lipinski definition) is 0. The van der Waals surface area contributed by atoms with Crippen LogP contribution < -0.4 is 9.47 Å². The molecule has 7 heteroatoms. The Bertz CT molecular complexity index is 798. The molecule has 0 fully saturated rings. The van der Waals surface area contributed by atoms with Crippen LogP contribution in [0.4, 0.5) is 4.39 Å². The van der Waals surface area contributed by atoms with Crippen molar-refractivity contribution in [2.75, 3.05) is 20.3 Å². The average Bonchev–Trinajstić information content (AvgIpc) is 2.57. The van der Waals surface area contributed by atoms with Gasteiger partial charge < -0.3 is 14.4 Å². The Labute approximate surface area is 148 Å². The first kappa shape index (κ1) is 16.9. The fourth-order valence-corrected chi connectivity index (χ4v) is 2.89. The quantitative estimate of drug-likeness (QED) is 0.761. The van der Waals surface area contributed by atoms with Gasteiger partial charge in [0.25, 0.3) is 5.91 Å². The molecule has 1 aliphatic heterocycles. The second kappa shape index (κ2) is 6.87. The van der Waals surface area contributed by atoms with E-state index in [0.29, 0.717) is 31.3 Å². The van der Waals surface area contributed by atoms with E-state index in [1.165, 1.54) is 11.0 Å². The molecule has 0 unspecified atom stereocenters. The molecule has 0 saturated carbocycles. The number of hydrogen-bond acceptors (Lipinski definition) is 3. The maximum absolute atomic E-state index is 13.6. The smallest absolute Gasteiger partial charge is 0.255 e. The molecule has 0 atom stereocenters. The number of amides is 1.